The van der Waals surface area contributed by atoms with E-state index in [9.17, 15) is 4.79 Å². The second kappa shape index (κ2) is 8.40. The summed E-state index contributed by atoms with van der Waals surface area (Å²) >= 11 is 0. The minimum atomic E-state index is -0.0514. The molecule has 1 amide bonds. The second-order valence-electron chi connectivity index (χ2n) is 6.97. The van der Waals surface area contributed by atoms with Gasteiger partial charge >= 0.3 is 0 Å². The number of likely N-dealkylation sites (N-methyl/N-ethyl adjacent to an activating group) is 1. The molecule has 5 nitrogen and oxygen atoms in total. The summed E-state index contributed by atoms with van der Waals surface area (Å²) in [4.78, 5) is 20.3. The molecule has 2 aromatic carbocycles. The number of nitrogens with one attached hydrogen (secondary N) is 1. The minimum absolute atomic E-state index is 0.0514. The molecular formula is C23H25N3O2. The Kier molecular flexibility index (Phi) is 5.53. The molecule has 0 saturated heterocycles. The normalized spacial score (nSPS) is 13.9. The molecule has 1 aromatic heterocycles. The third kappa shape index (κ3) is 3.85. The van der Waals surface area contributed by atoms with Crippen LogP contribution in [0.25, 0.3) is 10.9 Å². The number of carbonyl (C=O) groups excluding carboxylic acids is 1. The zero-order valence-corrected chi connectivity index (χ0v) is 16.1. The molecule has 1 aliphatic heterocycles. The highest BCUT2D eigenvalue weighted by molar-refractivity contribution is 6.07. The number of hydrogen-bond acceptors (Lipinski definition) is 4. The minimum Gasteiger partial charge on any atom is -0.492 e. The summed E-state index contributed by atoms with van der Waals surface area (Å²) in [6.07, 6.45) is 0.880. The van der Waals surface area contributed by atoms with Crippen LogP contribution in [0.1, 0.15) is 28.5 Å². The molecule has 4 rings (SSSR count). The zero-order valence-electron chi connectivity index (χ0n) is 16.1. The van der Waals surface area contributed by atoms with Gasteiger partial charge in [0.1, 0.15) is 12.4 Å². The SMILES string of the molecule is CCN1CCc2nc3ccccc3c(C(=O)NCCOc3ccccc3)c2C1. The van der Waals surface area contributed by atoms with Crippen molar-refractivity contribution in [2.24, 2.45) is 0 Å². The number of aromatic nitrogens is 1. The predicted molar refractivity (Wildman–Crippen MR) is 111 cm³/mol. The number of ether oxygens (including phenoxy) is 1. The van der Waals surface area contributed by atoms with Crippen LogP contribution in [0, 0.1) is 0 Å². The van der Waals surface area contributed by atoms with Crippen molar-refractivity contribution in [1.29, 1.82) is 0 Å². The summed E-state index contributed by atoms with van der Waals surface area (Å²) < 4.78 is 5.69. The summed E-state index contributed by atoms with van der Waals surface area (Å²) in [6, 6.07) is 17.5. The summed E-state index contributed by atoms with van der Waals surface area (Å²) in [5.41, 5.74) is 3.76. The predicted octanol–water partition coefficient (Wildman–Crippen LogP) is 3.42. The monoisotopic (exact) mass is 375 g/mol. The van der Waals surface area contributed by atoms with E-state index in [4.69, 9.17) is 9.72 Å². The van der Waals surface area contributed by atoms with Crippen LogP contribution in [0.15, 0.2) is 54.6 Å². The van der Waals surface area contributed by atoms with E-state index in [0.29, 0.717) is 13.2 Å². The third-order valence-electron chi connectivity index (χ3n) is 5.20. The Morgan fingerprint density at radius 2 is 1.93 bits per heavy atom. The number of pyridine rings is 1. The lowest BCUT2D eigenvalue weighted by molar-refractivity contribution is 0.0945. The molecule has 0 spiro atoms. The van der Waals surface area contributed by atoms with Gasteiger partial charge in [-0.05, 0) is 24.7 Å². The van der Waals surface area contributed by atoms with E-state index in [1.807, 2.05) is 54.6 Å². The van der Waals surface area contributed by atoms with Crippen molar-refractivity contribution in [1.82, 2.24) is 15.2 Å². The number of para-hydroxylation sites is 2. The van der Waals surface area contributed by atoms with Crippen LogP contribution < -0.4 is 10.1 Å². The second-order valence-corrected chi connectivity index (χ2v) is 6.97. The quantitative estimate of drug-likeness (QED) is 0.671. The van der Waals surface area contributed by atoms with Crippen LogP contribution in [0.4, 0.5) is 0 Å². The van der Waals surface area contributed by atoms with Gasteiger partial charge in [0.15, 0.2) is 0 Å². The lowest BCUT2D eigenvalue weighted by atomic mass is 9.95. The van der Waals surface area contributed by atoms with E-state index in [0.717, 1.165) is 59.5 Å². The van der Waals surface area contributed by atoms with Crippen molar-refractivity contribution in [3.05, 3.63) is 71.4 Å². The third-order valence-corrected chi connectivity index (χ3v) is 5.20. The van der Waals surface area contributed by atoms with Gasteiger partial charge in [-0.25, -0.2) is 0 Å². The Hall–Kier alpha value is -2.92. The average Bonchev–Trinajstić information content (AvgIpc) is 2.75. The fourth-order valence-electron chi connectivity index (χ4n) is 3.71. The van der Waals surface area contributed by atoms with Crippen molar-refractivity contribution in [3.8, 4) is 5.75 Å². The number of fused-ring (bicyclic) bond motifs is 2. The number of hydrogen-bond donors (Lipinski definition) is 1. The fourth-order valence-corrected chi connectivity index (χ4v) is 3.71. The molecule has 5 heteroatoms. The van der Waals surface area contributed by atoms with Crippen LogP contribution in [-0.2, 0) is 13.0 Å². The van der Waals surface area contributed by atoms with Crippen molar-refractivity contribution >= 4 is 16.8 Å². The molecule has 28 heavy (non-hydrogen) atoms. The van der Waals surface area contributed by atoms with Crippen molar-refractivity contribution in [3.63, 3.8) is 0 Å². The Morgan fingerprint density at radius 3 is 2.75 bits per heavy atom. The number of amides is 1. The van der Waals surface area contributed by atoms with Crippen LogP contribution in [-0.4, -0.2) is 42.0 Å². The van der Waals surface area contributed by atoms with E-state index in [2.05, 4.69) is 17.1 Å². The Labute approximate surface area is 165 Å². The van der Waals surface area contributed by atoms with E-state index in [-0.39, 0.29) is 5.91 Å². The maximum Gasteiger partial charge on any atom is 0.252 e. The van der Waals surface area contributed by atoms with Gasteiger partial charge in [0.2, 0.25) is 0 Å². The Bertz CT molecular complexity index is 972. The Morgan fingerprint density at radius 1 is 1.14 bits per heavy atom. The first-order valence-electron chi connectivity index (χ1n) is 9.85. The largest absolute Gasteiger partial charge is 0.492 e. The summed E-state index contributed by atoms with van der Waals surface area (Å²) in [6.45, 7) is 5.77. The smallest absolute Gasteiger partial charge is 0.252 e. The first-order valence-corrected chi connectivity index (χ1v) is 9.85. The molecule has 0 aliphatic carbocycles. The first-order chi connectivity index (χ1) is 13.8. The van der Waals surface area contributed by atoms with Crippen molar-refractivity contribution < 1.29 is 9.53 Å². The average molecular weight is 375 g/mol. The van der Waals surface area contributed by atoms with Gasteiger partial charge in [-0.2, -0.15) is 0 Å². The van der Waals surface area contributed by atoms with Gasteiger partial charge in [0.05, 0.1) is 17.6 Å². The Balaban J connectivity index is 1.55. The van der Waals surface area contributed by atoms with Crippen molar-refractivity contribution in [2.75, 3.05) is 26.2 Å². The molecule has 0 atom stereocenters. The van der Waals surface area contributed by atoms with E-state index < -0.39 is 0 Å². The maximum atomic E-state index is 13.1. The van der Waals surface area contributed by atoms with Gasteiger partial charge < -0.3 is 10.1 Å². The van der Waals surface area contributed by atoms with Gasteiger partial charge in [-0.1, -0.05) is 43.3 Å². The molecule has 0 unspecified atom stereocenters. The maximum absolute atomic E-state index is 13.1. The van der Waals surface area contributed by atoms with Crippen LogP contribution in [0.2, 0.25) is 0 Å². The van der Waals surface area contributed by atoms with E-state index in [1.54, 1.807) is 0 Å². The summed E-state index contributed by atoms with van der Waals surface area (Å²) in [5, 5.41) is 3.95. The van der Waals surface area contributed by atoms with Crippen LogP contribution >= 0.6 is 0 Å². The molecule has 1 N–H and O–H groups in total. The lowest BCUT2D eigenvalue weighted by Gasteiger charge is -2.29. The topological polar surface area (TPSA) is 54.5 Å². The highest BCUT2D eigenvalue weighted by atomic mass is 16.5. The number of benzene rings is 2. The molecule has 1 aliphatic rings. The molecule has 0 radical (unpaired) electrons. The van der Waals surface area contributed by atoms with E-state index in [1.165, 1.54) is 0 Å². The molecule has 3 aromatic rings. The van der Waals surface area contributed by atoms with Crippen molar-refractivity contribution in [2.45, 2.75) is 19.9 Å². The van der Waals surface area contributed by atoms with Gasteiger partial charge in [-0.15, -0.1) is 0 Å². The zero-order chi connectivity index (χ0) is 19.3. The lowest BCUT2D eigenvalue weighted by Crippen LogP contribution is -2.35. The summed E-state index contributed by atoms with van der Waals surface area (Å²) in [7, 11) is 0. The molecular weight excluding hydrogens is 350 g/mol. The molecule has 144 valence electrons. The standard InChI is InChI=1S/C23H25N3O2/c1-2-26-14-12-21-19(16-26)22(18-10-6-7-11-20(18)25-21)23(27)24-13-15-28-17-8-4-3-5-9-17/h3-11H,2,12-16H2,1H3,(H,24,27). The van der Waals surface area contributed by atoms with E-state index >= 15 is 0 Å². The fraction of sp³-hybridized carbons (Fsp3) is 0.304. The number of nitrogens with zero attached hydrogens (tertiary/aromatic N) is 2. The number of carbonyl (C=O) groups is 1. The molecule has 0 bridgehead atoms. The van der Waals surface area contributed by atoms with Gasteiger partial charge in [0, 0.05) is 36.2 Å². The van der Waals surface area contributed by atoms with Crippen LogP contribution in [0.5, 0.6) is 5.75 Å². The number of rotatable bonds is 6. The van der Waals surface area contributed by atoms with Crippen LogP contribution in [0.3, 0.4) is 0 Å². The summed E-state index contributed by atoms with van der Waals surface area (Å²) in [5.74, 6) is 0.756. The molecule has 0 fully saturated rings. The highest BCUT2D eigenvalue weighted by Gasteiger charge is 2.25. The first kappa shape index (κ1) is 18.4. The van der Waals surface area contributed by atoms with Gasteiger partial charge in [0.25, 0.3) is 5.91 Å². The van der Waals surface area contributed by atoms with Gasteiger partial charge in [-0.3, -0.25) is 14.7 Å². The highest BCUT2D eigenvalue weighted by Crippen LogP contribution is 2.28. The molecule has 2 heterocycles. The molecule has 0 saturated carbocycles.